The molecule has 112 valence electrons. The van der Waals surface area contributed by atoms with E-state index in [1.165, 1.54) is 27.7 Å². The molecule has 0 saturated heterocycles. The van der Waals surface area contributed by atoms with Gasteiger partial charge in [0, 0.05) is 0 Å². The first-order chi connectivity index (χ1) is 10.6. The number of fused-ring (bicyclic) bond motifs is 1. The normalized spacial score (nSPS) is 12.4. The minimum Gasteiger partial charge on any atom is -0.369 e. The lowest BCUT2D eigenvalue weighted by atomic mass is 10.3. The first-order valence-corrected chi connectivity index (χ1v) is 8.35. The molecule has 22 heavy (non-hydrogen) atoms. The second kappa shape index (κ2) is 5.94. The third-order valence-electron chi connectivity index (χ3n) is 3.15. The van der Waals surface area contributed by atoms with Gasteiger partial charge in [-0.1, -0.05) is 30.0 Å². The van der Waals surface area contributed by atoms with E-state index in [0.717, 1.165) is 5.69 Å². The third kappa shape index (κ3) is 2.65. The van der Waals surface area contributed by atoms with E-state index >= 15 is 0 Å². The number of para-hydroxylation sites is 1. The van der Waals surface area contributed by atoms with E-state index < -0.39 is 11.2 Å². The Morgan fingerprint density at radius 3 is 2.73 bits per heavy atom. The van der Waals surface area contributed by atoms with Crippen LogP contribution in [-0.4, -0.2) is 20.7 Å². The summed E-state index contributed by atoms with van der Waals surface area (Å²) in [5.41, 5.74) is 6.55. The summed E-state index contributed by atoms with van der Waals surface area (Å²) in [4.78, 5) is 28.6. The Labute approximate surface area is 134 Å². The molecular formula is C15H13N3O2S2. The molecule has 0 aliphatic carbocycles. The molecule has 0 fully saturated rings. The summed E-state index contributed by atoms with van der Waals surface area (Å²) in [7, 11) is 0. The number of hydrogen-bond acceptors (Lipinski definition) is 5. The fourth-order valence-corrected chi connectivity index (χ4v) is 3.63. The molecule has 1 aromatic carbocycles. The van der Waals surface area contributed by atoms with Crippen molar-refractivity contribution in [3.8, 4) is 5.69 Å². The largest absolute Gasteiger partial charge is 0.369 e. The molecular weight excluding hydrogens is 318 g/mol. The molecule has 3 aromatic rings. The molecule has 0 unspecified atom stereocenters. The van der Waals surface area contributed by atoms with Crippen LogP contribution in [-0.2, 0) is 4.79 Å². The maximum atomic E-state index is 12.8. The number of benzene rings is 1. The molecule has 1 amide bonds. The van der Waals surface area contributed by atoms with Crippen LogP contribution in [0.1, 0.15) is 6.92 Å². The number of aromatic nitrogens is 2. The van der Waals surface area contributed by atoms with Crippen LogP contribution in [0.15, 0.2) is 51.7 Å². The minimum atomic E-state index is -0.474. The SMILES string of the molecule is C[C@@H](Sc1nc2ccsc2c(=O)n1-c1ccccc1)C(N)=O. The number of nitrogens with two attached hydrogens (primary N) is 1. The summed E-state index contributed by atoms with van der Waals surface area (Å²) in [5, 5.41) is 1.83. The second-order valence-corrected chi connectivity index (χ2v) is 6.89. The maximum absolute atomic E-state index is 12.8. The van der Waals surface area contributed by atoms with Gasteiger partial charge in [0.25, 0.3) is 5.56 Å². The fourth-order valence-electron chi connectivity index (χ4n) is 1.99. The molecule has 1 atom stereocenters. The number of thioether (sulfide) groups is 1. The van der Waals surface area contributed by atoms with Crippen LogP contribution in [0.3, 0.4) is 0 Å². The predicted octanol–water partition coefficient (Wildman–Crippen LogP) is 2.41. The summed E-state index contributed by atoms with van der Waals surface area (Å²) < 4.78 is 2.13. The van der Waals surface area contributed by atoms with Gasteiger partial charge >= 0.3 is 0 Å². The van der Waals surface area contributed by atoms with E-state index in [2.05, 4.69) is 4.98 Å². The standard InChI is InChI=1S/C15H13N3O2S2/c1-9(13(16)19)22-15-17-11-7-8-21-12(11)14(20)18(15)10-5-3-2-4-6-10/h2-9H,1H3,(H2,16,19)/t9-/m1/s1. The number of thiophene rings is 1. The van der Waals surface area contributed by atoms with Gasteiger partial charge in [0.05, 0.1) is 16.5 Å². The average Bonchev–Trinajstić information content (AvgIpc) is 2.97. The quantitative estimate of drug-likeness (QED) is 0.588. The fraction of sp³-hybridized carbons (Fsp3) is 0.133. The molecule has 0 saturated carbocycles. The smallest absolute Gasteiger partial charge is 0.276 e. The van der Waals surface area contributed by atoms with Crippen molar-refractivity contribution in [1.29, 1.82) is 0 Å². The number of carbonyl (C=O) groups is 1. The van der Waals surface area contributed by atoms with E-state index in [1.807, 2.05) is 35.7 Å². The Morgan fingerprint density at radius 2 is 2.05 bits per heavy atom. The van der Waals surface area contributed by atoms with E-state index in [-0.39, 0.29) is 5.56 Å². The lowest BCUT2D eigenvalue weighted by Gasteiger charge is -2.13. The number of carbonyl (C=O) groups excluding carboxylic acids is 1. The van der Waals surface area contributed by atoms with Gasteiger partial charge in [-0.05, 0) is 30.5 Å². The maximum Gasteiger partial charge on any atom is 0.276 e. The van der Waals surface area contributed by atoms with Gasteiger partial charge in [0.2, 0.25) is 5.91 Å². The van der Waals surface area contributed by atoms with Crippen molar-refractivity contribution >= 4 is 39.2 Å². The molecule has 0 aliphatic rings. The Kier molecular flexibility index (Phi) is 4.00. The van der Waals surface area contributed by atoms with Crippen molar-refractivity contribution in [2.24, 2.45) is 5.73 Å². The van der Waals surface area contributed by atoms with Gasteiger partial charge in [-0.25, -0.2) is 4.98 Å². The van der Waals surface area contributed by atoms with E-state index in [1.54, 1.807) is 13.0 Å². The highest BCUT2D eigenvalue weighted by Crippen LogP contribution is 2.26. The molecule has 2 aromatic heterocycles. The summed E-state index contributed by atoms with van der Waals surface area (Å²) in [6.07, 6.45) is 0. The number of amides is 1. The number of nitrogens with zero attached hydrogens (tertiary/aromatic N) is 2. The van der Waals surface area contributed by atoms with Crippen molar-refractivity contribution in [2.45, 2.75) is 17.3 Å². The monoisotopic (exact) mass is 331 g/mol. The topological polar surface area (TPSA) is 78.0 Å². The van der Waals surface area contributed by atoms with Crippen LogP contribution in [0.4, 0.5) is 0 Å². The van der Waals surface area contributed by atoms with Crippen LogP contribution in [0.2, 0.25) is 0 Å². The third-order valence-corrected chi connectivity index (χ3v) is 5.11. The van der Waals surface area contributed by atoms with Gasteiger partial charge in [0.15, 0.2) is 5.16 Å². The van der Waals surface area contributed by atoms with E-state index in [4.69, 9.17) is 5.73 Å². The van der Waals surface area contributed by atoms with Crippen molar-refractivity contribution < 1.29 is 4.79 Å². The highest BCUT2D eigenvalue weighted by atomic mass is 32.2. The van der Waals surface area contributed by atoms with Gasteiger partial charge in [-0.15, -0.1) is 11.3 Å². The van der Waals surface area contributed by atoms with Gasteiger partial charge < -0.3 is 5.73 Å². The summed E-state index contributed by atoms with van der Waals surface area (Å²) in [5.74, 6) is -0.440. The van der Waals surface area contributed by atoms with E-state index in [0.29, 0.717) is 15.4 Å². The molecule has 0 aliphatic heterocycles. The van der Waals surface area contributed by atoms with Gasteiger partial charge in [-0.3, -0.25) is 14.2 Å². The summed E-state index contributed by atoms with van der Waals surface area (Å²) in [6, 6.07) is 11.1. The zero-order chi connectivity index (χ0) is 15.7. The van der Waals surface area contributed by atoms with Crippen molar-refractivity contribution in [3.05, 3.63) is 52.1 Å². The molecule has 0 bridgehead atoms. The summed E-state index contributed by atoms with van der Waals surface area (Å²) >= 11 is 2.55. The van der Waals surface area contributed by atoms with Crippen molar-refractivity contribution in [3.63, 3.8) is 0 Å². The average molecular weight is 331 g/mol. The zero-order valence-electron chi connectivity index (χ0n) is 11.7. The van der Waals surface area contributed by atoms with Gasteiger partial charge in [-0.2, -0.15) is 0 Å². The van der Waals surface area contributed by atoms with E-state index in [9.17, 15) is 9.59 Å². The molecule has 2 heterocycles. The second-order valence-electron chi connectivity index (χ2n) is 4.67. The van der Waals surface area contributed by atoms with Crippen LogP contribution in [0, 0.1) is 0 Å². The van der Waals surface area contributed by atoms with Crippen LogP contribution < -0.4 is 11.3 Å². The van der Waals surface area contributed by atoms with Gasteiger partial charge in [0.1, 0.15) is 4.70 Å². The molecule has 0 radical (unpaired) electrons. The molecule has 7 heteroatoms. The first kappa shape index (κ1) is 14.8. The highest BCUT2D eigenvalue weighted by molar-refractivity contribution is 8.00. The lowest BCUT2D eigenvalue weighted by Crippen LogP contribution is -2.26. The number of hydrogen-bond donors (Lipinski definition) is 1. The molecule has 2 N–H and O–H groups in total. The lowest BCUT2D eigenvalue weighted by molar-refractivity contribution is -0.117. The Hall–Kier alpha value is -2.12. The molecule has 0 spiro atoms. The van der Waals surface area contributed by atoms with Crippen LogP contribution in [0.5, 0.6) is 0 Å². The van der Waals surface area contributed by atoms with Crippen LogP contribution in [0.25, 0.3) is 15.9 Å². The summed E-state index contributed by atoms with van der Waals surface area (Å²) in [6.45, 7) is 1.70. The van der Waals surface area contributed by atoms with Crippen LogP contribution >= 0.6 is 23.1 Å². The number of primary amides is 1. The Bertz CT molecular complexity index is 887. The minimum absolute atomic E-state index is 0.134. The Balaban J connectivity index is 2.24. The molecule has 5 nitrogen and oxygen atoms in total. The molecule has 3 rings (SSSR count). The first-order valence-electron chi connectivity index (χ1n) is 6.59. The zero-order valence-corrected chi connectivity index (χ0v) is 13.4. The highest BCUT2D eigenvalue weighted by Gasteiger charge is 2.18. The predicted molar refractivity (Wildman–Crippen MR) is 89.7 cm³/mol. The Morgan fingerprint density at radius 1 is 1.32 bits per heavy atom. The number of rotatable bonds is 4. The van der Waals surface area contributed by atoms with Crippen molar-refractivity contribution in [1.82, 2.24) is 9.55 Å². The van der Waals surface area contributed by atoms with Crippen molar-refractivity contribution in [2.75, 3.05) is 0 Å².